The molecule has 1 atom stereocenters. The molecule has 3 heterocycles. The van der Waals surface area contributed by atoms with Gasteiger partial charge in [-0.15, -0.1) is 12.4 Å². The van der Waals surface area contributed by atoms with E-state index in [-0.39, 0.29) is 18.4 Å². The van der Waals surface area contributed by atoms with Gasteiger partial charge in [0, 0.05) is 51.5 Å². The third kappa shape index (κ3) is 4.21. The first-order valence-electron chi connectivity index (χ1n) is 7.94. The number of hydrogen-bond acceptors (Lipinski definition) is 4. The highest BCUT2D eigenvalue weighted by molar-refractivity contribution is 5.85. The number of carbonyl (C=O) groups excluding carboxylic acids is 1. The summed E-state index contributed by atoms with van der Waals surface area (Å²) < 4.78 is 1.84. The maximum absolute atomic E-state index is 12.5. The molecule has 2 aliphatic heterocycles. The predicted octanol–water partition coefficient (Wildman–Crippen LogP) is 0.628. The zero-order chi connectivity index (χ0) is 14.7. The Balaban J connectivity index is 0.00000176. The topological polar surface area (TPSA) is 53.4 Å². The lowest BCUT2D eigenvalue weighted by Gasteiger charge is -2.24. The van der Waals surface area contributed by atoms with Crippen molar-refractivity contribution in [2.75, 3.05) is 32.7 Å². The van der Waals surface area contributed by atoms with E-state index in [1.807, 2.05) is 22.8 Å². The molecule has 0 bridgehead atoms. The molecule has 1 unspecified atom stereocenters. The van der Waals surface area contributed by atoms with Crippen LogP contribution in [0.5, 0.6) is 0 Å². The Labute approximate surface area is 138 Å². The fraction of sp³-hybridized carbons (Fsp3) is 0.733. The molecule has 0 radical (unpaired) electrons. The molecule has 1 aromatic rings. The van der Waals surface area contributed by atoms with Crippen LogP contribution in [0.3, 0.4) is 0 Å². The molecule has 0 spiro atoms. The fourth-order valence-electron chi connectivity index (χ4n) is 3.28. The van der Waals surface area contributed by atoms with E-state index in [2.05, 4.69) is 21.5 Å². The number of nitrogens with zero attached hydrogens (tertiary/aromatic N) is 4. The van der Waals surface area contributed by atoms with Crippen molar-refractivity contribution >= 4 is 18.3 Å². The van der Waals surface area contributed by atoms with Crippen LogP contribution in [-0.4, -0.2) is 64.3 Å². The Hall–Kier alpha value is -1.11. The van der Waals surface area contributed by atoms with Gasteiger partial charge in [-0.3, -0.25) is 14.4 Å². The molecule has 0 aromatic carbocycles. The number of carbonyl (C=O) groups is 1. The highest BCUT2D eigenvalue weighted by Gasteiger charge is 2.28. The number of aryl methyl sites for hydroxylation is 1. The standard InChI is InChI=1S/C15H25N5O.ClH/c1-18-11-13(10-17-18)12-19-6-3-7-20(9-8-19)15(21)14-4-2-5-16-14;/h10-11,14,16H,2-9,12H2,1H3;1H. The Morgan fingerprint density at radius 3 is 2.86 bits per heavy atom. The highest BCUT2D eigenvalue weighted by atomic mass is 35.5. The maximum atomic E-state index is 12.5. The molecule has 2 fully saturated rings. The summed E-state index contributed by atoms with van der Waals surface area (Å²) in [6, 6.07) is 0.0647. The van der Waals surface area contributed by atoms with Gasteiger partial charge in [-0.25, -0.2) is 0 Å². The third-order valence-electron chi connectivity index (χ3n) is 4.42. The van der Waals surface area contributed by atoms with Gasteiger partial charge in [0.25, 0.3) is 0 Å². The van der Waals surface area contributed by atoms with Crippen LogP contribution in [0.4, 0.5) is 0 Å². The first kappa shape index (κ1) is 17.2. The monoisotopic (exact) mass is 327 g/mol. The van der Waals surface area contributed by atoms with Gasteiger partial charge in [0.05, 0.1) is 12.2 Å². The van der Waals surface area contributed by atoms with Crippen LogP contribution in [0.15, 0.2) is 12.4 Å². The van der Waals surface area contributed by atoms with Crippen LogP contribution in [0.1, 0.15) is 24.8 Å². The lowest BCUT2D eigenvalue weighted by molar-refractivity contribution is -0.132. The fourth-order valence-corrected chi connectivity index (χ4v) is 3.28. The summed E-state index contributed by atoms with van der Waals surface area (Å²) >= 11 is 0. The molecule has 3 rings (SSSR count). The summed E-state index contributed by atoms with van der Waals surface area (Å²) in [6.07, 6.45) is 7.16. The second kappa shape index (κ2) is 7.94. The lowest BCUT2D eigenvalue weighted by atomic mass is 10.2. The van der Waals surface area contributed by atoms with Crippen molar-refractivity contribution in [1.29, 1.82) is 0 Å². The van der Waals surface area contributed by atoms with Gasteiger partial charge < -0.3 is 10.2 Å². The first-order valence-corrected chi connectivity index (χ1v) is 7.94. The van der Waals surface area contributed by atoms with Crippen LogP contribution >= 0.6 is 12.4 Å². The molecule has 1 amide bonds. The average molecular weight is 328 g/mol. The second-order valence-corrected chi connectivity index (χ2v) is 6.13. The number of aromatic nitrogens is 2. The Morgan fingerprint density at radius 2 is 2.18 bits per heavy atom. The van der Waals surface area contributed by atoms with Crippen molar-refractivity contribution < 1.29 is 4.79 Å². The van der Waals surface area contributed by atoms with Crippen molar-refractivity contribution in [3.05, 3.63) is 18.0 Å². The van der Waals surface area contributed by atoms with Crippen LogP contribution in [-0.2, 0) is 18.4 Å². The molecule has 0 aliphatic carbocycles. The van der Waals surface area contributed by atoms with Gasteiger partial charge in [-0.05, 0) is 25.8 Å². The van der Waals surface area contributed by atoms with E-state index >= 15 is 0 Å². The zero-order valence-corrected chi connectivity index (χ0v) is 14.0. The predicted molar refractivity (Wildman–Crippen MR) is 88.0 cm³/mol. The minimum Gasteiger partial charge on any atom is -0.340 e. The van der Waals surface area contributed by atoms with Crippen molar-refractivity contribution in [3.63, 3.8) is 0 Å². The SMILES string of the molecule is Cl.Cn1cc(CN2CCCN(C(=O)C3CCCN3)CC2)cn1. The van der Waals surface area contributed by atoms with Crippen molar-refractivity contribution in [1.82, 2.24) is 24.9 Å². The van der Waals surface area contributed by atoms with Gasteiger partial charge in [0.1, 0.15) is 0 Å². The normalized spacial score (nSPS) is 23.1. The first-order chi connectivity index (χ1) is 10.2. The van der Waals surface area contributed by atoms with E-state index in [0.717, 1.165) is 58.5 Å². The molecular weight excluding hydrogens is 302 g/mol. The largest absolute Gasteiger partial charge is 0.340 e. The van der Waals surface area contributed by atoms with E-state index in [1.165, 1.54) is 5.56 Å². The van der Waals surface area contributed by atoms with Crippen LogP contribution in [0.25, 0.3) is 0 Å². The molecule has 124 valence electrons. The number of hydrogen-bond donors (Lipinski definition) is 1. The summed E-state index contributed by atoms with van der Waals surface area (Å²) in [4.78, 5) is 16.9. The lowest BCUT2D eigenvalue weighted by Crippen LogP contribution is -2.45. The summed E-state index contributed by atoms with van der Waals surface area (Å²) in [5.41, 5.74) is 1.25. The molecule has 2 saturated heterocycles. The molecule has 2 aliphatic rings. The van der Waals surface area contributed by atoms with Crippen LogP contribution < -0.4 is 5.32 Å². The van der Waals surface area contributed by atoms with Gasteiger partial charge in [-0.1, -0.05) is 0 Å². The minimum absolute atomic E-state index is 0. The summed E-state index contributed by atoms with van der Waals surface area (Å²) in [6.45, 7) is 5.65. The van der Waals surface area contributed by atoms with E-state index in [4.69, 9.17) is 0 Å². The van der Waals surface area contributed by atoms with Crippen molar-refractivity contribution in [3.8, 4) is 0 Å². The maximum Gasteiger partial charge on any atom is 0.239 e. The number of amides is 1. The van der Waals surface area contributed by atoms with Crippen molar-refractivity contribution in [2.24, 2.45) is 7.05 Å². The highest BCUT2D eigenvalue weighted by Crippen LogP contribution is 2.12. The number of nitrogens with one attached hydrogen (secondary N) is 1. The average Bonchev–Trinajstić information content (AvgIpc) is 3.08. The van der Waals surface area contributed by atoms with Crippen molar-refractivity contribution in [2.45, 2.75) is 31.8 Å². The number of rotatable bonds is 3. The van der Waals surface area contributed by atoms with E-state index in [1.54, 1.807) is 0 Å². The molecule has 6 nitrogen and oxygen atoms in total. The second-order valence-electron chi connectivity index (χ2n) is 6.13. The smallest absolute Gasteiger partial charge is 0.239 e. The summed E-state index contributed by atoms with van der Waals surface area (Å²) in [5.74, 6) is 0.302. The Bertz CT molecular complexity index is 486. The molecule has 1 aromatic heterocycles. The van der Waals surface area contributed by atoms with Crippen LogP contribution in [0, 0.1) is 0 Å². The molecule has 22 heavy (non-hydrogen) atoms. The van der Waals surface area contributed by atoms with Crippen LogP contribution in [0.2, 0.25) is 0 Å². The Kier molecular flexibility index (Phi) is 6.23. The van der Waals surface area contributed by atoms with Gasteiger partial charge >= 0.3 is 0 Å². The van der Waals surface area contributed by atoms with Gasteiger partial charge in [0.2, 0.25) is 5.91 Å². The molecule has 0 saturated carbocycles. The molecular formula is C15H26ClN5O. The molecule has 7 heteroatoms. The summed E-state index contributed by atoms with van der Waals surface area (Å²) in [5, 5.41) is 7.53. The Morgan fingerprint density at radius 1 is 1.32 bits per heavy atom. The minimum atomic E-state index is 0. The quantitative estimate of drug-likeness (QED) is 0.884. The van der Waals surface area contributed by atoms with Gasteiger partial charge in [-0.2, -0.15) is 5.10 Å². The van der Waals surface area contributed by atoms with Gasteiger partial charge in [0.15, 0.2) is 0 Å². The van der Waals surface area contributed by atoms with E-state index < -0.39 is 0 Å². The summed E-state index contributed by atoms with van der Waals surface area (Å²) in [7, 11) is 1.95. The third-order valence-corrected chi connectivity index (χ3v) is 4.42. The van der Waals surface area contributed by atoms with E-state index in [0.29, 0.717) is 5.91 Å². The molecule has 1 N–H and O–H groups in total. The number of halogens is 1. The van der Waals surface area contributed by atoms with E-state index in [9.17, 15) is 4.79 Å². The zero-order valence-electron chi connectivity index (χ0n) is 13.2.